The first-order chi connectivity index (χ1) is 5.27. The molecule has 5 heteroatoms. The van der Waals surface area contributed by atoms with E-state index in [0.29, 0.717) is 0 Å². The van der Waals surface area contributed by atoms with Crippen molar-refractivity contribution in [2.45, 2.75) is 13.3 Å². The van der Waals surface area contributed by atoms with Gasteiger partial charge in [-0.1, -0.05) is 0 Å². The molecule has 0 aliphatic heterocycles. The van der Waals surface area contributed by atoms with Gasteiger partial charge < -0.3 is 4.90 Å². The van der Waals surface area contributed by atoms with Crippen molar-refractivity contribution < 1.29 is 0 Å². The second kappa shape index (κ2) is 15.7. The second-order valence-corrected chi connectivity index (χ2v) is 2.61. The Kier molecular flexibility index (Phi) is 23.9. The van der Waals surface area contributed by atoms with Crippen LogP contribution in [0, 0.1) is 0 Å². The number of hydrogen-bond acceptors (Lipinski definition) is 3. The molecule has 0 rings (SSSR count). The molecule has 0 saturated heterocycles. The topological polar surface area (TPSA) is 28.0 Å². The van der Waals surface area contributed by atoms with Crippen LogP contribution in [0.25, 0.3) is 0 Å². The summed E-state index contributed by atoms with van der Waals surface area (Å²) in [5.41, 5.74) is 0. The summed E-state index contributed by atoms with van der Waals surface area (Å²) in [6, 6.07) is 2.64. The van der Waals surface area contributed by atoms with Crippen LogP contribution in [-0.4, -0.2) is 96.0 Å². The minimum atomic E-state index is 0. The van der Waals surface area contributed by atoms with E-state index in [0.717, 1.165) is 26.1 Å². The Morgan fingerprint density at radius 2 is 1.85 bits per heavy atom. The van der Waals surface area contributed by atoms with E-state index in [1.54, 1.807) is 0 Å². The normalized spacial score (nSPS) is 8.00. The standard InChI is InChI=1S/C8H17N3.ClH.K.H/c1-4-9-8-10-6-5-7-11(2)3;;;/h4-7H2,1-3H3;1H;;. The number of nitrogens with zero attached hydrogens (tertiary/aromatic N) is 3. The van der Waals surface area contributed by atoms with Crippen molar-refractivity contribution in [3.05, 3.63) is 0 Å². The van der Waals surface area contributed by atoms with Gasteiger partial charge in [-0.15, -0.1) is 12.4 Å². The molecule has 0 aromatic heterocycles. The minimum absolute atomic E-state index is 0. The van der Waals surface area contributed by atoms with Gasteiger partial charge in [-0.2, -0.15) is 0 Å². The average molecular weight is 232 g/mol. The molecule has 0 radical (unpaired) electrons. The molecule has 0 heterocycles. The predicted octanol–water partition coefficient (Wildman–Crippen LogP) is 0.905. The summed E-state index contributed by atoms with van der Waals surface area (Å²) in [5.74, 6) is 0. The molecule has 0 aromatic carbocycles. The molecule has 0 atom stereocenters. The van der Waals surface area contributed by atoms with Crippen molar-refractivity contribution in [3.63, 3.8) is 0 Å². The van der Waals surface area contributed by atoms with E-state index in [1.807, 2.05) is 6.92 Å². The predicted molar refractivity (Wildman–Crippen MR) is 62.8 cm³/mol. The van der Waals surface area contributed by atoms with Crippen LogP contribution >= 0.6 is 12.4 Å². The molecule has 0 aliphatic rings. The van der Waals surface area contributed by atoms with E-state index in [2.05, 4.69) is 35.0 Å². The van der Waals surface area contributed by atoms with E-state index in [1.165, 1.54) is 0 Å². The number of hydrogen-bond donors (Lipinski definition) is 0. The average Bonchev–Trinajstić information content (AvgIpc) is 1.96. The van der Waals surface area contributed by atoms with Crippen LogP contribution in [0.15, 0.2) is 9.98 Å². The van der Waals surface area contributed by atoms with Gasteiger partial charge in [0.05, 0.1) is 12.6 Å². The van der Waals surface area contributed by atoms with Crippen molar-refractivity contribution in [3.8, 4) is 0 Å². The van der Waals surface area contributed by atoms with Crippen molar-refractivity contribution in [1.82, 2.24) is 4.90 Å². The molecular formula is C8H19ClKN3. The van der Waals surface area contributed by atoms with Gasteiger partial charge in [-0.05, 0) is 34.0 Å². The first-order valence-electron chi connectivity index (χ1n) is 4.00. The fraction of sp³-hybridized carbons (Fsp3) is 0.875. The van der Waals surface area contributed by atoms with E-state index >= 15 is 0 Å². The number of halogens is 1. The fourth-order valence-corrected chi connectivity index (χ4v) is 0.637. The Balaban J connectivity index is -0.000000500. The van der Waals surface area contributed by atoms with Gasteiger partial charge in [0.1, 0.15) is 0 Å². The Bertz CT molecular complexity index is 144. The summed E-state index contributed by atoms with van der Waals surface area (Å²) < 4.78 is 0. The van der Waals surface area contributed by atoms with Gasteiger partial charge in [0.25, 0.3) is 0 Å². The molecule has 0 saturated carbocycles. The van der Waals surface area contributed by atoms with E-state index < -0.39 is 0 Å². The molecular weight excluding hydrogens is 213 g/mol. The van der Waals surface area contributed by atoms with Crippen LogP contribution in [0.4, 0.5) is 0 Å². The van der Waals surface area contributed by atoms with Crippen LogP contribution in [0.5, 0.6) is 0 Å². The molecule has 74 valence electrons. The van der Waals surface area contributed by atoms with E-state index in [9.17, 15) is 0 Å². The SMILES string of the molecule is CCN=C=NCCCN(C)C.Cl.[KH]. The Morgan fingerprint density at radius 1 is 1.23 bits per heavy atom. The number of rotatable bonds is 5. The summed E-state index contributed by atoms with van der Waals surface area (Å²) in [5, 5.41) is 0. The van der Waals surface area contributed by atoms with Gasteiger partial charge in [0.2, 0.25) is 0 Å². The van der Waals surface area contributed by atoms with Crippen molar-refractivity contribution in [1.29, 1.82) is 0 Å². The Hall–Kier alpha value is 1.27. The summed E-state index contributed by atoms with van der Waals surface area (Å²) >= 11 is 0. The zero-order valence-corrected chi connectivity index (χ0v) is 8.89. The maximum absolute atomic E-state index is 3.99. The third kappa shape index (κ3) is 19.6. The molecule has 0 aliphatic carbocycles. The van der Waals surface area contributed by atoms with Crippen LogP contribution in [0.3, 0.4) is 0 Å². The van der Waals surface area contributed by atoms with Crippen LogP contribution in [0.1, 0.15) is 13.3 Å². The molecule has 0 unspecified atom stereocenters. The molecule has 3 nitrogen and oxygen atoms in total. The Morgan fingerprint density at radius 3 is 2.31 bits per heavy atom. The summed E-state index contributed by atoms with van der Waals surface area (Å²) in [7, 11) is 4.12. The fourth-order valence-electron chi connectivity index (χ4n) is 0.637. The quantitative estimate of drug-likeness (QED) is 0.393. The number of aliphatic imine (C=N–C) groups is 2. The molecule has 0 N–H and O–H groups in total. The van der Waals surface area contributed by atoms with Gasteiger partial charge in [0, 0.05) is 6.54 Å². The van der Waals surface area contributed by atoms with Crippen LogP contribution in [-0.2, 0) is 0 Å². The molecule has 13 heavy (non-hydrogen) atoms. The molecule has 0 amide bonds. The third-order valence-electron chi connectivity index (χ3n) is 1.17. The monoisotopic (exact) mass is 231 g/mol. The van der Waals surface area contributed by atoms with Gasteiger partial charge in [-0.25, -0.2) is 9.98 Å². The molecule has 0 fully saturated rings. The maximum atomic E-state index is 3.99. The first kappa shape index (κ1) is 19.8. The van der Waals surface area contributed by atoms with E-state index in [4.69, 9.17) is 0 Å². The Labute approximate surface area is 130 Å². The molecule has 0 bridgehead atoms. The van der Waals surface area contributed by atoms with Crippen LogP contribution < -0.4 is 0 Å². The van der Waals surface area contributed by atoms with Crippen molar-refractivity contribution >= 4 is 69.8 Å². The summed E-state index contributed by atoms with van der Waals surface area (Å²) in [4.78, 5) is 9.99. The summed E-state index contributed by atoms with van der Waals surface area (Å²) in [6.45, 7) is 4.67. The first-order valence-corrected chi connectivity index (χ1v) is 4.00. The summed E-state index contributed by atoms with van der Waals surface area (Å²) in [6.07, 6.45) is 1.08. The zero-order valence-electron chi connectivity index (χ0n) is 8.08. The van der Waals surface area contributed by atoms with Gasteiger partial charge in [0.15, 0.2) is 0 Å². The zero-order chi connectivity index (χ0) is 8.53. The van der Waals surface area contributed by atoms with Gasteiger partial charge >= 0.3 is 51.4 Å². The van der Waals surface area contributed by atoms with Crippen molar-refractivity contribution in [2.24, 2.45) is 9.98 Å². The molecule has 0 aromatic rings. The van der Waals surface area contributed by atoms with E-state index in [-0.39, 0.29) is 63.8 Å². The van der Waals surface area contributed by atoms with Crippen molar-refractivity contribution in [2.75, 3.05) is 33.7 Å². The van der Waals surface area contributed by atoms with Crippen LogP contribution in [0.2, 0.25) is 0 Å². The molecule has 0 spiro atoms. The second-order valence-electron chi connectivity index (χ2n) is 2.61. The third-order valence-corrected chi connectivity index (χ3v) is 1.17. The van der Waals surface area contributed by atoms with Gasteiger partial charge in [-0.3, -0.25) is 0 Å².